The van der Waals surface area contributed by atoms with E-state index in [-0.39, 0.29) is 24.7 Å². The molecular weight excluding hydrogens is 290 g/mol. The van der Waals surface area contributed by atoms with E-state index in [0.717, 1.165) is 5.57 Å². The number of nitrogen functional groups attached to an aromatic ring is 1. The van der Waals surface area contributed by atoms with E-state index in [9.17, 15) is 14.7 Å². The molecule has 1 aliphatic carbocycles. The Bertz CT molecular complexity index is 837. The average Bonchev–Trinajstić information content (AvgIpc) is 3.00. The molecule has 2 aromatic heterocycles. The number of nitrogens with one attached hydrogen (secondary N) is 1. The first-order valence-electron chi connectivity index (χ1n) is 6.63. The first-order valence-corrected chi connectivity index (χ1v) is 6.63. The Labute approximate surface area is 124 Å². The number of esters is 1. The highest BCUT2D eigenvalue weighted by atomic mass is 16.5. The van der Waals surface area contributed by atoms with Gasteiger partial charge in [0.15, 0.2) is 11.2 Å². The van der Waals surface area contributed by atoms with E-state index < -0.39 is 16.9 Å². The Kier molecular flexibility index (Phi) is 3.21. The number of hydrogen-bond donors (Lipinski definition) is 3. The molecule has 22 heavy (non-hydrogen) atoms. The molecule has 116 valence electrons. The summed E-state index contributed by atoms with van der Waals surface area (Å²) in [6.07, 6.45) is 3.77. The fourth-order valence-corrected chi connectivity index (χ4v) is 2.29. The van der Waals surface area contributed by atoms with Crippen molar-refractivity contribution in [3.05, 3.63) is 22.3 Å². The lowest BCUT2D eigenvalue weighted by Crippen LogP contribution is -2.17. The Morgan fingerprint density at radius 2 is 2.45 bits per heavy atom. The van der Waals surface area contributed by atoms with Crippen LogP contribution in [0.15, 0.2) is 16.7 Å². The zero-order chi connectivity index (χ0) is 15.9. The molecule has 9 heteroatoms. The highest BCUT2D eigenvalue weighted by molar-refractivity contribution is 5.73. The van der Waals surface area contributed by atoms with Gasteiger partial charge in [-0.15, -0.1) is 0 Å². The van der Waals surface area contributed by atoms with Crippen LogP contribution in [-0.2, 0) is 9.53 Å². The number of aliphatic hydroxyl groups is 1. The van der Waals surface area contributed by atoms with Gasteiger partial charge in [0, 0.05) is 13.1 Å². The van der Waals surface area contributed by atoms with E-state index >= 15 is 0 Å². The lowest BCUT2D eigenvalue weighted by atomic mass is 10.1. The van der Waals surface area contributed by atoms with Gasteiger partial charge in [-0.1, -0.05) is 0 Å². The second-order valence-electron chi connectivity index (χ2n) is 5.33. The second-order valence-corrected chi connectivity index (χ2v) is 5.33. The van der Waals surface area contributed by atoms with Gasteiger partial charge in [-0.3, -0.25) is 19.1 Å². The zero-order valence-corrected chi connectivity index (χ0v) is 11.9. The number of aromatic nitrogens is 4. The number of aromatic amines is 1. The molecule has 1 aliphatic rings. The first-order chi connectivity index (χ1) is 10.4. The summed E-state index contributed by atoms with van der Waals surface area (Å²) < 4.78 is 6.55. The van der Waals surface area contributed by atoms with Crippen LogP contribution in [0.3, 0.4) is 0 Å². The number of anilines is 1. The van der Waals surface area contributed by atoms with Crippen molar-refractivity contribution >= 4 is 29.3 Å². The third-order valence-electron chi connectivity index (χ3n) is 3.68. The predicted molar refractivity (Wildman–Crippen MR) is 77.6 cm³/mol. The van der Waals surface area contributed by atoms with Crippen molar-refractivity contribution in [3.8, 4) is 0 Å². The average molecular weight is 305 g/mol. The van der Waals surface area contributed by atoms with Crippen LogP contribution in [-0.4, -0.2) is 43.8 Å². The van der Waals surface area contributed by atoms with Crippen LogP contribution >= 0.6 is 0 Å². The molecule has 0 amide bonds. The summed E-state index contributed by atoms with van der Waals surface area (Å²) in [6, 6.07) is 0. The van der Waals surface area contributed by atoms with Crippen molar-refractivity contribution in [2.24, 2.45) is 5.41 Å². The monoisotopic (exact) mass is 305 g/mol. The molecule has 0 aromatic carbocycles. The SMILES string of the molecule is CC(=O)OCC1(CO)C/C1=C/n1cnc2c(=O)[nH]c(N)nc21. The van der Waals surface area contributed by atoms with Gasteiger partial charge in [0.25, 0.3) is 5.56 Å². The van der Waals surface area contributed by atoms with Gasteiger partial charge in [-0.05, 0) is 12.0 Å². The van der Waals surface area contributed by atoms with Crippen molar-refractivity contribution in [1.29, 1.82) is 0 Å². The number of rotatable bonds is 4. The van der Waals surface area contributed by atoms with Crippen LogP contribution in [0.4, 0.5) is 5.95 Å². The van der Waals surface area contributed by atoms with E-state index in [1.54, 1.807) is 10.8 Å². The maximum atomic E-state index is 11.7. The van der Waals surface area contributed by atoms with E-state index in [1.165, 1.54) is 13.3 Å². The molecule has 3 rings (SSSR count). The number of nitrogens with two attached hydrogens (primary N) is 1. The van der Waals surface area contributed by atoms with Gasteiger partial charge in [-0.2, -0.15) is 4.98 Å². The molecule has 1 atom stereocenters. The van der Waals surface area contributed by atoms with Gasteiger partial charge in [0.1, 0.15) is 12.9 Å². The number of aliphatic hydroxyl groups excluding tert-OH is 1. The number of nitrogens with zero attached hydrogens (tertiary/aromatic N) is 3. The molecule has 1 saturated carbocycles. The molecule has 1 fully saturated rings. The highest BCUT2D eigenvalue weighted by Gasteiger charge is 2.49. The Balaban J connectivity index is 1.94. The minimum atomic E-state index is -0.561. The Morgan fingerprint density at radius 1 is 1.68 bits per heavy atom. The van der Waals surface area contributed by atoms with Gasteiger partial charge in [0.2, 0.25) is 5.95 Å². The van der Waals surface area contributed by atoms with Crippen LogP contribution in [0.25, 0.3) is 17.4 Å². The molecule has 9 nitrogen and oxygen atoms in total. The fraction of sp³-hybridized carbons (Fsp3) is 0.385. The van der Waals surface area contributed by atoms with Crippen molar-refractivity contribution in [1.82, 2.24) is 19.5 Å². The van der Waals surface area contributed by atoms with Crippen molar-refractivity contribution in [2.75, 3.05) is 18.9 Å². The molecule has 2 heterocycles. The van der Waals surface area contributed by atoms with Gasteiger partial charge in [-0.25, -0.2) is 4.98 Å². The predicted octanol–water partition coefficient (Wildman–Crippen LogP) is -0.512. The summed E-state index contributed by atoms with van der Waals surface area (Å²) in [4.78, 5) is 33.0. The maximum absolute atomic E-state index is 11.7. The first kappa shape index (κ1) is 14.3. The number of hydrogen-bond acceptors (Lipinski definition) is 7. The minimum Gasteiger partial charge on any atom is -0.465 e. The molecule has 0 radical (unpaired) electrons. The number of imidazole rings is 1. The van der Waals surface area contributed by atoms with Gasteiger partial charge < -0.3 is 15.6 Å². The van der Waals surface area contributed by atoms with Crippen molar-refractivity contribution < 1.29 is 14.6 Å². The number of H-pyrrole nitrogens is 1. The van der Waals surface area contributed by atoms with E-state index in [0.29, 0.717) is 12.1 Å². The zero-order valence-electron chi connectivity index (χ0n) is 11.9. The number of fused-ring (bicyclic) bond motifs is 1. The maximum Gasteiger partial charge on any atom is 0.302 e. The second kappa shape index (κ2) is 4.95. The van der Waals surface area contributed by atoms with Gasteiger partial charge in [0.05, 0.1) is 12.0 Å². The molecule has 0 saturated heterocycles. The molecule has 0 aliphatic heterocycles. The summed E-state index contributed by atoms with van der Waals surface area (Å²) in [5, 5.41) is 9.52. The standard InChI is InChI=1S/C13H15N5O4/c1-7(20)22-5-13(4-19)2-8(13)3-18-6-15-9-10(18)16-12(14)17-11(9)21/h3,6,19H,2,4-5H2,1H3,(H3,14,16,17,21)/b8-3-. The smallest absolute Gasteiger partial charge is 0.302 e. The third-order valence-corrected chi connectivity index (χ3v) is 3.68. The Morgan fingerprint density at radius 3 is 3.14 bits per heavy atom. The van der Waals surface area contributed by atoms with Crippen molar-refractivity contribution in [2.45, 2.75) is 13.3 Å². The largest absolute Gasteiger partial charge is 0.465 e. The molecule has 0 spiro atoms. The molecule has 2 aromatic rings. The number of ether oxygens (including phenoxy) is 1. The topological polar surface area (TPSA) is 136 Å². The van der Waals surface area contributed by atoms with E-state index in [1.807, 2.05) is 0 Å². The van der Waals surface area contributed by atoms with E-state index in [2.05, 4.69) is 15.0 Å². The quantitative estimate of drug-likeness (QED) is 0.647. The molecule has 1 unspecified atom stereocenters. The minimum absolute atomic E-state index is 0.00165. The Hall–Kier alpha value is -2.68. The summed E-state index contributed by atoms with van der Waals surface area (Å²) in [5.41, 5.74) is 5.96. The van der Waals surface area contributed by atoms with Crippen LogP contribution in [0.1, 0.15) is 13.3 Å². The van der Waals surface area contributed by atoms with Crippen LogP contribution in [0.2, 0.25) is 0 Å². The van der Waals surface area contributed by atoms with Crippen LogP contribution in [0, 0.1) is 5.41 Å². The summed E-state index contributed by atoms with van der Waals surface area (Å²) in [7, 11) is 0. The van der Waals surface area contributed by atoms with Crippen molar-refractivity contribution in [3.63, 3.8) is 0 Å². The third kappa shape index (κ3) is 2.35. The lowest BCUT2D eigenvalue weighted by molar-refractivity contribution is -0.143. The highest BCUT2D eigenvalue weighted by Crippen LogP contribution is 2.52. The summed E-state index contributed by atoms with van der Waals surface area (Å²) in [5.74, 6) is -0.394. The molecule has 4 N–H and O–H groups in total. The fourth-order valence-electron chi connectivity index (χ4n) is 2.29. The molecule has 0 bridgehead atoms. The number of carbonyl (C=O) groups excluding carboxylic acids is 1. The molecular formula is C13H15N5O4. The summed E-state index contributed by atoms with van der Waals surface area (Å²) in [6.45, 7) is 1.31. The lowest BCUT2D eigenvalue weighted by Gasteiger charge is -2.10. The van der Waals surface area contributed by atoms with Crippen LogP contribution in [0.5, 0.6) is 0 Å². The van der Waals surface area contributed by atoms with Crippen LogP contribution < -0.4 is 11.3 Å². The number of carbonyl (C=O) groups is 1. The summed E-state index contributed by atoms with van der Waals surface area (Å²) >= 11 is 0. The van der Waals surface area contributed by atoms with Gasteiger partial charge >= 0.3 is 5.97 Å². The normalized spacial score (nSPS) is 22.2. The van der Waals surface area contributed by atoms with E-state index in [4.69, 9.17) is 10.5 Å².